The first kappa shape index (κ1) is 13.6. The molecular weight excluding hydrogens is 289 g/mol. The van der Waals surface area contributed by atoms with Crippen LogP contribution >= 0.6 is 23.2 Å². The third kappa shape index (κ3) is 2.97. The molecule has 0 aliphatic carbocycles. The van der Waals surface area contributed by atoms with Gasteiger partial charge in [0.2, 0.25) is 0 Å². The number of hydrogen-bond acceptors (Lipinski definition) is 4. The van der Waals surface area contributed by atoms with Crippen LogP contribution in [0.25, 0.3) is 0 Å². The SMILES string of the molecule is Cc1cc(O)c(C=Nc2c(Cl)cccc2Cl)c(=O)o1. The van der Waals surface area contributed by atoms with Crippen LogP contribution < -0.4 is 5.63 Å². The molecule has 98 valence electrons. The van der Waals surface area contributed by atoms with Crippen molar-refractivity contribution in [2.24, 2.45) is 4.99 Å². The van der Waals surface area contributed by atoms with E-state index in [1.165, 1.54) is 12.3 Å². The molecular formula is C13H9Cl2NO3. The van der Waals surface area contributed by atoms with Crippen molar-refractivity contribution in [3.63, 3.8) is 0 Å². The third-order valence-electron chi connectivity index (χ3n) is 2.35. The van der Waals surface area contributed by atoms with E-state index in [2.05, 4.69) is 4.99 Å². The molecule has 0 saturated carbocycles. The molecule has 19 heavy (non-hydrogen) atoms. The van der Waals surface area contributed by atoms with Crippen LogP contribution in [0.4, 0.5) is 5.69 Å². The molecule has 0 unspecified atom stereocenters. The Balaban J connectivity index is 2.47. The van der Waals surface area contributed by atoms with Gasteiger partial charge < -0.3 is 9.52 Å². The zero-order chi connectivity index (χ0) is 14.0. The zero-order valence-electron chi connectivity index (χ0n) is 9.85. The minimum absolute atomic E-state index is 0.0541. The summed E-state index contributed by atoms with van der Waals surface area (Å²) in [7, 11) is 0. The summed E-state index contributed by atoms with van der Waals surface area (Å²) in [4.78, 5) is 15.6. The van der Waals surface area contributed by atoms with E-state index >= 15 is 0 Å². The minimum atomic E-state index is -0.676. The van der Waals surface area contributed by atoms with Gasteiger partial charge in [0.25, 0.3) is 0 Å². The molecule has 6 heteroatoms. The van der Waals surface area contributed by atoms with Crippen LogP contribution in [0.3, 0.4) is 0 Å². The number of benzene rings is 1. The lowest BCUT2D eigenvalue weighted by Crippen LogP contribution is -2.07. The number of aliphatic imine (C=N–C) groups is 1. The lowest BCUT2D eigenvalue weighted by molar-refractivity contribution is 0.433. The number of halogens is 2. The van der Waals surface area contributed by atoms with Crippen LogP contribution in [0.1, 0.15) is 11.3 Å². The van der Waals surface area contributed by atoms with Crippen molar-refractivity contribution in [1.82, 2.24) is 0 Å². The van der Waals surface area contributed by atoms with E-state index in [0.717, 1.165) is 0 Å². The van der Waals surface area contributed by atoms with Crippen LogP contribution in [0.2, 0.25) is 10.0 Å². The first-order valence-corrected chi connectivity index (χ1v) is 6.06. The van der Waals surface area contributed by atoms with E-state index in [-0.39, 0.29) is 11.3 Å². The monoisotopic (exact) mass is 297 g/mol. The molecule has 0 aliphatic heterocycles. The van der Waals surface area contributed by atoms with Gasteiger partial charge in [0, 0.05) is 12.3 Å². The average Bonchev–Trinajstić information content (AvgIpc) is 2.31. The maximum absolute atomic E-state index is 11.6. The molecule has 0 spiro atoms. The topological polar surface area (TPSA) is 62.8 Å². The average molecular weight is 298 g/mol. The van der Waals surface area contributed by atoms with Gasteiger partial charge >= 0.3 is 5.63 Å². The Morgan fingerprint density at radius 3 is 2.53 bits per heavy atom. The molecule has 2 aromatic rings. The van der Waals surface area contributed by atoms with Crippen LogP contribution in [0, 0.1) is 6.92 Å². The van der Waals surface area contributed by atoms with Gasteiger partial charge in [-0.05, 0) is 19.1 Å². The van der Waals surface area contributed by atoms with Gasteiger partial charge in [0.05, 0.1) is 10.0 Å². The van der Waals surface area contributed by atoms with Crippen molar-refractivity contribution in [2.75, 3.05) is 0 Å². The van der Waals surface area contributed by atoms with Gasteiger partial charge in [-0.2, -0.15) is 0 Å². The van der Waals surface area contributed by atoms with Crippen molar-refractivity contribution < 1.29 is 9.52 Å². The van der Waals surface area contributed by atoms with Gasteiger partial charge in [0.1, 0.15) is 22.8 Å². The first-order chi connectivity index (χ1) is 8.99. The van der Waals surface area contributed by atoms with Gasteiger partial charge in [-0.3, -0.25) is 4.99 Å². The Hall–Kier alpha value is -1.78. The quantitative estimate of drug-likeness (QED) is 0.860. The van der Waals surface area contributed by atoms with Crippen molar-refractivity contribution in [3.8, 4) is 5.75 Å². The molecule has 4 nitrogen and oxygen atoms in total. The summed E-state index contributed by atoms with van der Waals surface area (Å²) in [5.41, 5.74) is -0.406. The van der Waals surface area contributed by atoms with Crippen molar-refractivity contribution in [3.05, 3.63) is 56.1 Å². The highest BCUT2D eigenvalue weighted by Crippen LogP contribution is 2.32. The Kier molecular flexibility index (Phi) is 3.93. The fraction of sp³-hybridized carbons (Fsp3) is 0.0769. The maximum Gasteiger partial charge on any atom is 0.348 e. The molecule has 0 radical (unpaired) electrons. The van der Waals surface area contributed by atoms with E-state index in [1.807, 2.05) is 0 Å². The predicted octanol–water partition coefficient (Wildman–Crippen LogP) is 3.71. The highest BCUT2D eigenvalue weighted by molar-refractivity contribution is 6.38. The number of rotatable bonds is 2. The number of para-hydroxylation sites is 1. The van der Waals surface area contributed by atoms with E-state index < -0.39 is 5.63 Å². The molecule has 0 bridgehead atoms. The fourth-order valence-electron chi connectivity index (χ4n) is 1.47. The maximum atomic E-state index is 11.6. The van der Waals surface area contributed by atoms with E-state index in [1.54, 1.807) is 25.1 Å². The first-order valence-electron chi connectivity index (χ1n) is 5.31. The Morgan fingerprint density at radius 1 is 1.32 bits per heavy atom. The summed E-state index contributed by atoms with van der Waals surface area (Å²) in [6.45, 7) is 1.56. The lowest BCUT2D eigenvalue weighted by Gasteiger charge is -2.01. The standard InChI is InChI=1S/C13H9Cl2NO3/c1-7-5-11(17)8(13(18)19-7)6-16-12-9(14)3-2-4-10(12)15/h2-6,17H,1H3. The van der Waals surface area contributed by atoms with Crippen LogP contribution in [-0.4, -0.2) is 11.3 Å². The molecule has 1 aromatic carbocycles. The minimum Gasteiger partial charge on any atom is -0.507 e. The Morgan fingerprint density at radius 2 is 1.95 bits per heavy atom. The predicted molar refractivity (Wildman–Crippen MR) is 75.1 cm³/mol. The molecule has 1 heterocycles. The van der Waals surface area contributed by atoms with Gasteiger partial charge in [-0.25, -0.2) is 4.79 Å². The molecule has 0 saturated heterocycles. The van der Waals surface area contributed by atoms with Crippen molar-refractivity contribution in [2.45, 2.75) is 6.92 Å². The molecule has 0 atom stereocenters. The van der Waals surface area contributed by atoms with Crippen LogP contribution in [0.15, 0.2) is 38.5 Å². The summed E-state index contributed by atoms with van der Waals surface area (Å²) >= 11 is 11.9. The molecule has 0 amide bonds. The molecule has 1 aromatic heterocycles. The van der Waals surface area contributed by atoms with Crippen LogP contribution in [-0.2, 0) is 0 Å². The van der Waals surface area contributed by atoms with Crippen molar-refractivity contribution >= 4 is 35.1 Å². The second-order valence-corrected chi connectivity index (χ2v) is 4.59. The summed E-state index contributed by atoms with van der Waals surface area (Å²) in [5.74, 6) is 0.108. The van der Waals surface area contributed by atoms with E-state index in [0.29, 0.717) is 21.5 Å². The zero-order valence-corrected chi connectivity index (χ0v) is 11.4. The number of hydrogen-bond donors (Lipinski definition) is 1. The van der Waals surface area contributed by atoms with E-state index in [4.69, 9.17) is 27.6 Å². The molecule has 1 N–H and O–H groups in total. The van der Waals surface area contributed by atoms with Crippen LogP contribution in [0.5, 0.6) is 5.75 Å². The van der Waals surface area contributed by atoms with Crippen molar-refractivity contribution in [1.29, 1.82) is 0 Å². The Bertz CT molecular complexity index is 687. The molecule has 0 fully saturated rings. The summed E-state index contributed by atoms with van der Waals surface area (Å²) in [6, 6.07) is 6.26. The third-order valence-corrected chi connectivity index (χ3v) is 2.96. The summed E-state index contributed by atoms with van der Waals surface area (Å²) in [6.07, 6.45) is 1.17. The second-order valence-electron chi connectivity index (χ2n) is 3.77. The number of nitrogens with zero attached hydrogens (tertiary/aromatic N) is 1. The summed E-state index contributed by atoms with van der Waals surface area (Å²) in [5, 5.41) is 10.4. The second kappa shape index (κ2) is 5.47. The lowest BCUT2D eigenvalue weighted by atomic mass is 10.2. The number of aromatic hydroxyl groups is 1. The molecule has 2 rings (SSSR count). The Labute approximate surface area is 118 Å². The number of aryl methyl sites for hydroxylation is 1. The largest absolute Gasteiger partial charge is 0.507 e. The normalized spacial score (nSPS) is 11.1. The smallest absolute Gasteiger partial charge is 0.348 e. The van der Waals surface area contributed by atoms with Gasteiger partial charge in [0.15, 0.2) is 0 Å². The summed E-state index contributed by atoms with van der Waals surface area (Å²) < 4.78 is 4.87. The highest BCUT2D eigenvalue weighted by atomic mass is 35.5. The molecule has 0 aliphatic rings. The fourth-order valence-corrected chi connectivity index (χ4v) is 1.96. The van der Waals surface area contributed by atoms with Gasteiger partial charge in [-0.15, -0.1) is 0 Å². The van der Waals surface area contributed by atoms with E-state index in [9.17, 15) is 9.90 Å². The highest BCUT2D eigenvalue weighted by Gasteiger charge is 2.08. The van der Waals surface area contributed by atoms with Gasteiger partial charge in [-0.1, -0.05) is 29.3 Å².